The van der Waals surface area contributed by atoms with Gasteiger partial charge in [-0.05, 0) is 57.2 Å². The molecule has 1 saturated heterocycles. The predicted octanol–water partition coefficient (Wildman–Crippen LogP) is 6.77. The van der Waals surface area contributed by atoms with Crippen molar-refractivity contribution in [3.8, 4) is 0 Å². The number of halogens is 2. The van der Waals surface area contributed by atoms with E-state index in [-0.39, 0.29) is 12.1 Å². The van der Waals surface area contributed by atoms with Crippen molar-refractivity contribution < 1.29 is 9.53 Å². The van der Waals surface area contributed by atoms with E-state index in [2.05, 4.69) is 0 Å². The number of rotatable bonds is 1. The molecule has 1 atom stereocenters. The van der Waals surface area contributed by atoms with Crippen LogP contribution in [0.4, 0.5) is 4.79 Å². The zero-order valence-corrected chi connectivity index (χ0v) is 17.6. The van der Waals surface area contributed by atoms with E-state index in [0.717, 1.165) is 40.2 Å². The molecule has 2 heterocycles. The van der Waals surface area contributed by atoms with Gasteiger partial charge in [0.05, 0.1) is 22.3 Å². The molecule has 0 spiro atoms. The van der Waals surface area contributed by atoms with E-state index >= 15 is 0 Å². The van der Waals surface area contributed by atoms with Gasteiger partial charge in [-0.1, -0.05) is 41.4 Å². The SMILES string of the molecule is CC(C)(C)OC(=O)N1CCCC1c1nc2ccccc2c2cc(Cl)cc(Cl)c12. The molecule has 28 heavy (non-hydrogen) atoms. The largest absolute Gasteiger partial charge is 0.444 e. The third-order valence-electron chi connectivity index (χ3n) is 4.94. The normalized spacial score (nSPS) is 17.5. The average Bonchev–Trinajstić information content (AvgIpc) is 3.09. The fraction of sp³-hybridized carbons (Fsp3) is 0.364. The monoisotopic (exact) mass is 416 g/mol. The zero-order valence-electron chi connectivity index (χ0n) is 16.1. The Morgan fingerprint density at radius 2 is 1.93 bits per heavy atom. The minimum Gasteiger partial charge on any atom is -0.444 e. The fourth-order valence-corrected chi connectivity index (χ4v) is 4.45. The lowest BCUT2D eigenvalue weighted by Crippen LogP contribution is -2.36. The van der Waals surface area contributed by atoms with Crippen molar-refractivity contribution in [3.05, 3.63) is 52.1 Å². The van der Waals surface area contributed by atoms with Gasteiger partial charge in [-0.3, -0.25) is 4.90 Å². The second-order valence-corrected chi connectivity index (χ2v) is 9.00. The molecule has 1 aliphatic heterocycles. The third kappa shape index (κ3) is 3.51. The van der Waals surface area contributed by atoms with Crippen LogP contribution in [-0.2, 0) is 4.74 Å². The summed E-state index contributed by atoms with van der Waals surface area (Å²) in [5, 5.41) is 3.92. The van der Waals surface area contributed by atoms with Crippen LogP contribution in [0, 0.1) is 0 Å². The highest BCUT2D eigenvalue weighted by Gasteiger charge is 2.35. The number of likely N-dealkylation sites (tertiary alicyclic amines) is 1. The number of carbonyl (C=O) groups excluding carboxylic acids is 1. The number of fused-ring (bicyclic) bond motifs is 3. The standard InChI is InChI=1S/C22H22Cl2N2O2/c1-22(2,3)28-21(27)26-10-6-9-18(26)20-19-15(11-13(23)12-16(19)24)14-7-4-5-8-17(14)25-20/h4-5,7-8,11-12,18H,6,9-10H2,1-3H3. The number of hydrogen-bond donors (Lipinski definition) is 0. The van der Waals surface area contributed by atoms with Crippen LogP contribution in [0.2, 0.25) is 10.0 Å². The van der Waals surface area contributed by atoms with Gasteiger partial charge in [0.1, 0.15) is 5.60 Å². The second-order valence-electron chi connectivity index (χ2n) is 8.16. The molecule has 3 aromatic rings. The first-order chi connectivity index (χ1) is 13.2. The molecule has 1 aliphatic rings. The van der Waals surface area contributed by atoms with E-state index in [9.17, 15) is 4.79 Å². The summed E-state index contributed by atoms with van der Waals surface area (Å²) in [5.74, 6) is 0. The number of hydrogen-bond acceptors (Lipinski definition) is 3. The van der Waals surface area contributed by atoms with Gasteiger partial charge >= 0.3 is 6.09 Å². The summed E-state index contributed by atoms with van der Waals surface area (Å²) in [4.78, 5) is 19.5. The van der Waals surface area contributed by atoms with Crippen LogP contribution in [0.1, 0.15) is 45.3 Å². The Hall–Kier alpha value is -2.04. The number of amides is 1. The molecule has 0 saturated carbocycles. The van der Waals surface area contributed by atoms with E-state index in [4.69, 9.17) is 32.9 Å². The van der Waals surface area contributed by atoms with Crippen LogP contribution >= 0.6 is 23.2 Å². The van der Waals surface area contributed by atoms with Gasteiger partial charge in [0.25, 0.3) is 0 Å². The lowest BCUT2D eigenvalue weighted by atomic mass is 9.99. The molecule has 0 radical (unpaired) electrons. The quantitative estimate of drug-likeness (QED) is 0.411. The molecular formula is C22H22Cl2N2O2. The minimum atomic E-state index is -0.547. The molecular weight excluding hydrogens is 395 g/mol. The van der Waals surface area contributed by atoms with Crippen molar-refractivity contribution in [2.75, 3.05) is 6.54 Å². The Balaban J connectivity index is 1.91. The van der Waals surface area contributed by atoms with E-state index in [1.807, 2.05) is 51.1 Å². The minimum absolute atomic E-state index is 0.180. The maximum absolute atomic E-state index is 12.8. The maximum atomic E-state index is 12.8. The Bertz CT molecular complexity index is 1080. The number of benzene rings is 2. The predicted molar refractivity (Wildman–Crippen MR) is 114 cm³/mol. The molecule has 1 unspecified atom stereocenters. The van der Waals surface area contributed by atoms with Gasteiger partial charge < -0.3 is 4.74 Å². The summed E-state index contributed by atoms with van der Waals surface area (Å²) in [6.07, 6.45) is 1.40. The van der Waals surface area contributed by atoms with Crippen LogP contribution in [0.5, 0.6) is 0 Å². The summed E-state index contributed by atoms with van der Waals surface area (Å²) in [6.45, 7) is 6.26. The van der Waals surface area contributed by atoms with Crippen molar-refractivity contribution in [2.45, 2.75) is 45.3 Å². The topological polar surface area (TPSA) is 42.4 Å². The van der Waals surface area contributed by atoms with Gasteiger partial charge in [0, 0.05) is 22.3 Å². The average molecular weight is 417 g/mol. The van der Waals surface area contributed by atoms with Gasteiger partial charge in [-0.2, -0.15) is 0 Å². The summed E-state index contributed by atoms with van der Waals surface area (Å²) in [6, 6.07) is 11.4. The molecule has 146 valence electrons. The molecule has 0 N–H and O–H groups in total. The Labute approximate surface area is 174 Å². The Morgan fingerprint density at radius 3 is 2.68 bits per heavy atom. The van der Waals surface area contributed by atoms with Crippen LogP contribution in [0.15, 0.2) is 36.4 Å². The first-order valence-corrected chi connectivity index (χ1v) is 10.2. The molecule has 0 bridgehead atoms. The van der Waals surface area contributed by atoms with Crippen molar-refractivity contribution >= 4 is 51.0 Å². The first-order valence-electron chi connectivity index (χ1n) is 9.41. The summed E-state index contributed by atoms with van der Waals surface area (Å²) in [7, 11) is 0. The van der Waals surface area contributed by atoms with E-state index in [1.54, 1.807) is 11.0 Å². The lowest BCUT2D eigenvalue weighted by molar-refractivity contribution is 0.0223. The van der Waals surface area contributed by atoms with Crippen molar-refractivity contribution in [2.24, 2.45) is 0 Å². The van der Waals surface area contributed by atoms with Crippen LogP contribution in [-0.4, -0.2) is 28.1 Å². The van der Waals surface area contributed by atoms with Gasteiger partial charge in [-0.25, -0.2) is 9.78 Å². The summed E-state index contributed by atoms with van der Waals surface area (Å²) in [5.41, 5.74) is 1.12. The van der Waals surface area contributed by atoms with Crippen LogP contribution < -0.4 is 0 Å². The van der Waals surface area contributed by atoms with Crippen LogP contribution in [0.25, 0.3) is 21.7 Å². The number of ether oxygens (including phenoxy) is 1. The van der Waals surface area contributed by atoms with Gasteiger partial charge in [0.2, 0.25) is 0 Å². The highest BCUT2D eigenvalue weighted by atomic mass is 35.5. The maximum Gasteiger partial charge on any atom is 0.410 e. The van der Waals surface area contributed by atoms with E-state index in [1.165, 1.54) is 0 Å². The molecule has 4 rings (SSSR count). The molecule has 6 heteroatoms. The molecule has 2 aromatic carbocycles. The highest BCUT2D eigenvalue weighted by molar-refractivity contribution is 6.39. The van der Waals surface area contributed by atoms with Crippen LogP contribution in [0.3, 0.4) is 0 Å². The first kappa shape index (κ1) is 19.3. The van der Waals surface area contributed by atoms with E-state index in [0.29, 0.717) is 16.6 Å². The highest BCUT2D eigenvalue weighted by Crippen LogP contribution is 2.41. The lowest BCUT2D eigenvalue weighted by Gasteiger charge is -2.29. The Morgan fingerprint density at radius 1 is 1.18 bits per heavy atom. The molecule has 1 amide bonds. The number of pyridine rings is 1. The van der Waals surface area contributed by atoms with Gasteiger partial charge in [0.15, 0.2) is 0 Å². The summed E-state index contributed by atoms with van der Waals surface area (Å²) < 4.78 is 5.63. The van der Waals surface area contributed by atoms with Crippen molar-refractivity contribution in [1.29, 1.82) is 0 Å². The number of nitrogens with zero attached hydrogens (tertiary/aromatic N) is 2. The van der Waals surface area contributed by atoms with Crippen molar-refractivity contribution in [3.63, 3.8) is 0 Å². The van der Waals surface area contributed by atoms with E-state index < -0.39 is 5.60 Å². The summed E-state index contributed by atoms with van der Waals surface area (Å²) >= 11 is 12.9. The van der Waals surface area contributed by atoms with Gasteiger partial charge in [-0.15, -0.1) is 0 Å². The zero-order chi connectivity index (χ0) is 20.1. The molecule has 1 aromatic heterocycles. The molecule has 0 aliphatic carbocycles. The fourth-order valence-electron chi connectivity index (χ4n) is 3.86. The third-order valence-corrected chi connectivity index (χ3v) is 5.46. The number of carbonyl (C=O) groups is 1. The second kappa shape index (κ2) is 7.09. The number of aromatic nitrogens is 1. The number of para-hydroxylation sites is 1. The smallest absolute Gasteiger partial charge is 0.410 e. The Kier molecular flexibility index (Phi) is 4.88. The molecule has 1 fully saturated rings. The molecule has 4 nitrogen and oxygen atoms in total. The van der Waals surface area contributed by atoms with Crippen molar-refractivity contribution in [1.82, 2.24) is 9.88 Å².